The second kappa shape index (κ2) is 7.25. The first kappa shape index (κ1) is 17.4. The van der Waals surface area contributed by atoms with Crippen molar-refractivity contribution in [3.8, 4) is 17.0 Å². The van der Waals surface area contributed by atoms with Gasteiger partial charge in [-0.05, 0) is 38.2 Å². The van der Waals surface area contributed by atoms with Gasteiger partial charge in [-0.2, -0.15) is 0 Å². The van der Waals surface area contributed by atoms with Gasteiger partial charge in [-0.25, -0.2) is 0 Å². The van der Waals surface area contributed by atoms with Crippen molar-refractivity contribution in [3.05, 3.63) is 35.6 Å². The van der Waals surface area contributed by atoms with Crippen LogP contribution in [0.5, 0.6) is 5.75 Å². The van der Waals surface area contributed by atoms with Gasteiger partial charge in [-0.15, -0.1) is 0 Å². The fourth-order valence-electron chi connectivity index (χ4n) is 2.95. The zero-order valence-corrected chi connectivity index (χ0v) is 14.7. The third-order valence-electron chi connectivity index (χ3n) is 4.49. The van der Waals surface area contributed by atoms with E-state index in [1.165, 1.54) is 0 Å². The van der Waals surface area contributed by atoms with Gasteiger partial charge in [0, 0.05) is 31.7 Å². The molecular formula is C18H23N3O4. The highest BCUT2D eigenvalue weighted by atomic mass is 16.5. The molecule has 7 heteroatoms. The van der Waals surface area contributed by atoms with Crippen LogP contribution in [0.15, 0.2) is 28.8 Å². The summed E-state index contributed by atoms with van der Waals surface area (Å²) in [6.07, 6.45) is -0.866. The van der Waals surface area contributed by atoms with Crippen molar-refractivity contribution < 1.29 is 19.2 Å². The average Bonchev–Trinajstić information content (AvgIpc) is 3.07. The van der Waals surface area contributed by atoms with Gasteiger partial charge in [0.2, 0.25) is 5.76 Å². The highest BCUT2D eigenvalue weighted by molar-refractivity contribution is 5.94. The second-order valence-electron chi connectivity index (χ2n) is 6.27. The Morgan fingerprint density at radius 3 is 2.44 bits per heavy atom. The predicted octanol–water partition coefficient (Wildman–Crippen LogP) is 1.79. The number of carbonyl (C=O) groups excluding carboxylic acids is 1. The molecule has 134 valence electrons. The number of hydrogen-bond donors (Lipinski definition) is 1. The summed E-state index contributed by atoms with van der Waals surface area (Å²) in [5.41, 5.74) is 1.67. The summed E-state index contributed by atoms with van der Waals surface area (Å²) in [6, 6.07) is 7.26. The molecule has 2 aromatic rings. The van der Waals surface area contributed by atoms with Crippen LogP contribution in [0.3, 0.4) is 0 Å². The van der Waals surface area contributed by atoms with E-state index >= 15 is 0 Å². The molecule has 7 nitrogen and oxygen atoms in total. The second-order valence-corrected chi connectivity index (χ2v) is 6.27. The number of carbonyl (C=O) groups is 1. The van der Waals surface area contributed by atoms with Crippen molar-refractivity contribution in [1.29, 1.82) is 0 Å². The lowest BCUT2D eigenvalue weighted by Crippen LogP contribution is -2.47. The molecule has 2 heterocycles. The van der Waals surface area contributed by atoms with E-state index in [1.54, 1.807) is 31.1 Å². The van der Waals surface area contributed by atoms with Crippen molar-refractivity contribution in [2.75, 3.05) is 40.3 Å². The molecule has 1 N–H and O–H groups in total. The highest BCUT2D eigenvalue weighted by Crippen LogP contribution is 2.32. The van der Waals surface area contributed by atoms with Gasteiger partial charge in [-0.3, -0.25) is 4.79 Å². The molecular weight excluding hydrogens is 322 g/mol. The fourth-order valence-corrected chi connectivity index (χ4v) is 2.95. The Hall–Kier alpha value is -2.38. The lowest BCUT2D eigenvalue weighted by atomic mass is 10.0. The molecule has 25 heavy (non-hydrogen) atoms. The van der Waals surface area contributed by atoms with Gasteiger partial charge >= 0.3 is 0 Å². The minimum absolute atomic E-state index is 0.116. The monoisotopic (exact) mass is 345 g/mol. The molecule has 0 unspecified atom stereocenters. The van der Waals surface area contributed by atoms with E-state index in [-0.39, 0.29) is 11.7 Å². The van der Waals surface area contributed by atoms with E-state index in [0.717, 1.165) is 24.4 Å². The normalized spacial score (nSPS) is 16.7. The maximum Gasteiger partial charge on any atom is 0.292 e. The minimum atomic E-state index is -0.866. The van der Waals surface area contributed by atoms with Gasteiger partial charge in [0.15, 0.2) is 0 Å². The van der Waals surface area contributed by atoms with Crippen molar-refractivity contribution in [2.24, 2.45) is 0 Å². The Morgan fingerprint density at radius 1 is 1.24 bits per heavy atom. The number of amides is 1. The summed E-state index contributed by atoms with van der Waals surface area (Å²) in [5.74, 6) is 0.612. The summed E-state index contributed by atoms with van der Waals surface area (Å²) in [7, 11) is 3.62. The van der Waals surface area contributed by atoms with Crippen LogP contribution in [0.25, 0.3) is 11.3 Å². The van der Waals surface area contributed by atoms with E-state index < -0.39 is 6.10 Å². The Balaban J connectivity index is 1.92. The Labute approximate surface area is 146 Å². The maximum atomic E-state index is 12.8. The van der Waals surface area contributed by atoms with Crippen molar-refractivity contribution >= 4 is 5.91 Å². The Morgan fingerprint density at radius 2 is 1.88 bits per heavy atom. The van der Waals surface area contributed by atoms with Gasteiger partial charge in [0.25, 0.3) is 5.91 Å². The first-order valence-electron chi connectivity index (χ1n) is 8.31. The number of piperazine rings is 1. The minimum Gasteiger partial charge on any atom is -0.497 e. The molecule has 3 rings (SSSR count). The van der Waals surface area contributed by atoms with Gasteiger partial charge in [0.05, 0.1) is 18.8 Å². The predicted molar refractivity (Wildman–Crippen MR) is 92.5 cm³/mol. The molecule has 1 aromatic carbocycles. The lowest BCUT2D eigenvalue weighted by Gasteiger charge is -2.31. The van der Waals surface area contributed by atoms with Crippen LogP contribution in [0.1, 0.15) is 29.1 Å². The number of ether oxygens (including phenoxy) is 1. The molecule has 0 saturated carbocycles. The molecule has 0 aliphatic carbocycles. The van der Waals surface area contributed by atoms with Crippen LogP contribution in [0, 0.1) is 0 Å². The van der Waals surface area contributed by atoms with E-state index in [0.29, 0.717) is 24.3 Å². The number of nitrogens with zero attached hydrogens (tertiary/aromatic N) is 3. The van der Waals surface area contributed by atoms with E-state index in [1.807, 2.05) is 19.2 Å². The number of benzene rings is 1. The summed E-state index contributed by atoms with van der Waals surface area (Å²) < 4.78 is 10.5. The summed E-state index contributed by atoms with van der Waals surface area (Å²) in [4.78, 5) is 16.7. The molecule has 1 fully saturated rings. The maximum absolute atomic E-state index is 12.8. The van der Waals surface area contributed by atoms with Crippen LogP contribution in [-0.2, 0) is 0 Å². The van der Waals surface area contributed by atoms with E-state index in [4.69, 9.17) is 9.26 Å². The smallest absolute Gasteiger partial charge is 0.292 e. The third-order valence-corrected chi connectivity index (χ3v) is 4.49. The van der Waals surface area contributed by atoms with Gasteiger partial charge in [0.1, 0.15) is 11.4 Å². The molecule has 1 aliphatic heterocycles. The van der Waals surface area contributed by atoms with Crippen molar-refractivity contribution in [2.45, 2.75) is 13.0 Å². The highest BCUT2D eigenvalue weighted by Gasteiger charge is 2.30. The fraction of sp³-hybridized carbons (Fsp3) is 0.444. The molecule has 0 radical (unpaired) electrons. The molecule has 1 saturated heterocycles. The van der Waals surface area contributed by atoms with Gasteiger partial charge < -0.3 is 24.2 Å². The van der Waals surface area contributed by atoms with Crippen LogP contribution >= 0.6 is 0 Å². The quantitative estimate of drug-likeness (QED) is 0.910. The third kappa shape index (κ3) is 3.52. The first-order chi connectivity index (χ1) is 12.0. The first-order valence-corrected chi connectivity index (χ1v) is 8.31. The SMILES string of the molecule is COc1ccc(-c2noc(C(=O)N3CCN(C)CC3)c2[C@H](C)O)cc1. The van der Waals surface area contributed by atoms with Gasteiger partial charge in [-0.1, -0.05) is 5.16 Å². The number of aromatic nitrogens is 1. The largest absolute Gasteiger partial charge is 0.497 e. The standard InChI is InChI=1S/C18H23N3O4/c1-12(22)15-16(13-4-6-14(24-3)7-5-13)19-25-17(15)18(23)21-10-8-20(2)9-11-21/h4-7,12,22H,8-11H2,1-3H3/t12-/m0/s1. The van der Waals surface area contributed by atoms with Crippen molar-refractivity contribution in [3.63, 3.8) is 0 Å². The summed E-state index contributed by atoms with van der Waals surface area (Å²) in [6.45, 7) is 4.51. The number of likely N-dealkylation sites (N-methyl/N-ethyl adjacent to an activating group) is 1. The summed E-state index contributed by atoms with van der Waals surface area (Å²) in [5, 5.41) is 14.3. The van der Waals surface area contributed by atoms with Crippen molar-refractivity contribution in [1.82, 2.24) is 15.0 Å². The Bertz CT molecular complexity index is 731. The zero-order valence-electron chi connectivity index (χ0n) is 14.7. The lowest BCUT2D eigenvalue weighted by molar-refractivity contribution is 0.0615. The average molecular weight is 345 g/mol. The molecule has 0 spiro atoms. The van der Waals surface area contributed by atoms with Crippen LogP contribution < -0.4 is 4.74 Å². The number of aliphatic hydroxyl groups is 1. The molecule has 1 aliphatic rings. The van der Waals surface area contributed by atoms with Crippen LogP contribution in [-0.4, -0.2) is 66.3 Å². The van der Waals surface area contributed by atoms with E-state index in [2.05, 4.69) is 10.1 Å². The number of aliphatic hydroxyl groups excluding tert-OH is 1. The number of hydrogen-bond acceptors (Lipinski definition) is 6. The van der Waals surface area contributed by atoms with Crippen LogP contribution in [0.4, 0.5) is 0 Å². The molecule has 1 aromatic heterocycles. The number of methoxy groups -OCH3 is 1. The topological polar surface area (TPSA) is 79.0 Å². The zero-order chi connectivity index (χ0) is 18.0. The summed E-state index contributed by atoms with van der Waals surface area (Å²) >= 11 is 0. The Kier molecular flexibility index (Phi) is 5.06. The molecule has 1 atom stereocenters. The molecule has 1 amide bonds. The molecule has 0 bridgehead atoms. The van der Waals surface area contributed by atoms with E-state index in [9.17, 15) is 9.90 Å². The number of rotatable bonds is 4. The van der Waals surface area contributed by atoms with Crippen LogP contribution in [0.2, 0.25) is 0 Å².